The van der Waals surface area contributed by atoms with E-state index >= 15 is 0 Å². The molecular formula is C17H15ClO. The summed E-state index contributed by atoms with van der Waals surface area (Å²) in [6, 6.07) is 17.2. The number of aliphatic hydroxyl groups excluding tert-OH is 1. The molecule has 0 radical (unpaired) electrons. The van der Waals surface area contributed by atoms with E-state index in [-0.39, 0.29) is 0 Å². The Bertz CT molecular complexity index is 556. The highest BCUT2D eigenvalue weighted by Crippen LogP contribution is 2.17. The van der Waals surface area contributed by atoms with Crippen LogP contribution in [0.4, 0.5) is 0 Å². The third-order valence-corrected chi connectivity index (χ3v) is 2.96. The molecule has 0 saturated carbocycles. The highest BCUT2D eigenvalue weighted by atomic mass is 35.5. The molecule has 0 fully saturated rings. The summed E-state index contributed by atoms with van der Waals surface area (Å²) in [6.07, 6.45) is 6.87. The van der Waals surface area contributed by atoms with Crippen LogP contribution in [0.25, 0.3) is 6.08 Å². The molecule has 0 amide bonds. The molecule has 0 aliphatic carbocycles. The molecule has 0 heterocycles. The second-order valence-electron chi connectivity index (χ2n) is 4.15. The van der Waals surface area contributed by atoms with Crippen molar-refractivity contribution < 1.29 is 5.11 Å². The molecule has 0 aliphatic heterocycles. The predicted molar refractivity (Wildman–Crippen MR) is 81.0 cm³/mol. The number of hydrogen-bond acceptors (Lipinski definition) is 1. The predicted octanol–water partition coefficient (Wildman–Crippen LogP) is 4.64. The minimum absolute atomic E-state index is 0.613. The van der Waals surface area contributed by atoms with Gasteiger partial charge in [-0.05, 0) is 23.3 Å². The fourth-order valence-corrected chi connectivity index (χ4v) is 1.80. The SMILES string of the molecule is OC(/C=C\C=C\c1ccccc1)c1ccc(Cl)cc1. The Kier molecular flexibility index (Phi) is 4.96. The molecular weight excluding hydrogens is 256 g/mol. The summed E-state index contributed by atoms with van der Waals surface area (Å²) in [6.45, 7) is 0. The zero-order valence-electron chi connectivity index (χ0n) is 10.4. The molecule has 2 rings (SSSR count). The molecule has 1 N–H and O–H groups in total. The molecule has 1 atom stereocenters. The summed E-state index contributed by atoms with van der Waals surface area (Å²) in [5.74, 6) is 0. The average molecular weight is 271 g/mol. The lowest BCUT2D eigenvalue weighted by Gasteiger charge is -2.04. The van der Waals surface area contributed by atoms with Gasteiger partial charge in [0.25, 0.3) is 0 Å². The molecule has 1 unspecified atom stereocenters. The van der Waals surface area contributed by atoms with Crippen molar-refractivity contribution in [3.8, 4) is 0 Å². The molecule has 96 valence electrons. The van der Waals surface area contributed by atoms with E-state index in [1.165, 1.54) is 0 Å². The van der Waals surface area contributed by atoms with Crippen molar-refractivity contribution in [1.29, 1.82) is 0 Å². The van der Waals surface area contributed by atoms with Gasteiger partial charge in [-0.1, -0.05) is 78.4 Å². The van der Waals surface area contributed by atoms with Gasteiger partial charge >= 0.3 is 0 Å². The first-order valence-electron chi connectivity index (χ1n) is 6.09. The lowest BCUT2D eigenvalue weighted by Crippen LogP contribution is -1.91. The van der Waals surface area contributed by atoms with E-state index in [9.17, 15) is 5.11 Å². The van der Waals surface area contributed by atoms with Gasteiger partial charge in [0.15, 0.2) is 0 Å². The van der Waals surface area contributed by atoms with Crippen LogP contribution in [-0.4, -0.2) is 5.11 Å². The lowest BCUT2D eigenvalue weighted by molar-refractivity contribution is 0.228. The smallest absolute Gasteiger partial charge is 0.0974 e. The van der Waals surface area contributed by atoms with E-state index in [0.29, 0.717) is 5.02 Å². The Hall–Kier alpha value is -1.83. The third kappa shape index (κ3) is 4.40. The number of hydrogen-bond donors (Lipinski definition) is 1. The van der Waals surface area contributed by atoms with Crippen LogP contribution in [0.15, 0.2) is 72.8 Å². The van der Waals surface area contributed by atoms with Gasteiger partial charge < -0.3 is 5.11 Å². The summed E-state index contributed by atoms with van der Waals surface area (Å²) >= 11 is 5.80. The Morgan fingerprint density at radius 3 is 2.26 bits per heavy atom. The van der Waals surface area contributed by atoms with Crippen LogP contribution in [0.5, 0.6) is 0 Å². The summed E-state index contributed by atoms with van der Waals surface area (Å²) in [5, 5.41) is 10.6. The van der Waals surface area contributed by atoms with Gasteiger partial charge in [-0.15, -0.1) is 0 Å². The second kappa shape index (κ2) is 6.93. The number of halogens is 1. The molecule has 19 heavy (non-hydrogen) atoms. The van der Waals surface area contributed by atoms with Gasteiger partial charge in [0.1, 0.15) is 0 Å². The van der Waals surface area contributed by atoms with Gasteiger partial charge in [-0.3, -0.25) is 0 Å². The first kappa shape index (κ1) is 13.6. The highest BCUT2D eigenvalue weighted by molar-refractivity contribution is 6.30. The first-order chi connectivity index (χ1) is 9.25. The summed E-state index contributed by atoms with van der Waals surface area (Å²) in [5.41, 5.74) is 1.96. The topological polar surface area (TPSA) is 20.2 Å². The van der Waals surface area contributed by atoms with Gasteiger partial charge in [0.2, 0.25) is 0 Å². The molecule has 1 nitrogen and oxygen atoms in total. The Labute approximate surface area is 118 Å². The third-order valence-electron chi connectivity index (χ3n) is 2.70. The van der Waals surface area contributed by atoms with Gasteiger partial charge in [0, 0.05) is 5.02 Å². The van der Waals surface area contributed by atoms with Crippen molar-refractivity contribution in [2.24, 2.45) is 0 Å². The van der Waals surface area contributed by atoms with Crippen molar-refractivity contribution in [2.75, 3.05) is 0 Å². The minimum atomic E-state index is -0.613. The zero-order valence-corrected chi connectivity index (χ0v) is 11.2. The van der Waals surface area contributed by atoms with Crippen molar-refractivity contribution in [2.45, 2.75) is 6.10 Å². The molecule has 0 bridgehead atoms. The van der Waals surface area contributed by atoms with Crippen LogP contribution < -0.4 is 0 Å². The maximum absolute atomic E-state index is 9.94. The number of aliphatic hydroxyl groups is 1. The molecule has 2 aromatic carbocycles. The number of benzene rings is 2. The minimum Gasteiger partial charge on any atom is -0.384 e. The monoisotopic (exact) mass is 270 g/mol. The fourth-order valence-electron chi connectivity index (χ4n) is 1.67. The standard InChI is InChI=1S/C17H15ClO/c18-16-12-10-15(11-13-16)17(19)9-5-4-8-14-6-2-1-3-7-14/h1-13,17,19H/b8-4+,9-5-. The van der Waals surface area contributed by atoms with Crippen molar-refractivity contribution in [3.63, 3.8) is 0 Å². The van der Waals surface area contributed by atoms with Crippen LogP contribution in [0.3, 0.4) is 0 Å². The fraction of sp³-hybridized carbons (Fsp3) is 0.0588. The van der Waals surface area contributed by atoms with E-state index < -0.39 is 6.10 Å². The van der Waals surface area contributed by atoms with Gasteiger partial charge in [-0.2, -0.15) is 0 Å². The van der Waals surface area contributed by atoms with Gasteiger partial charge in [-0.25, -0.2) is 0 Å². The van der Waals surface area contributed by atoms with Crippen molar-refractivity contribution >= 4 is 17.7 Å². The second-order valence-corrected chi connectivity index (χ2v) is 4.59. The number of allylic oxidation sites excluding steroid dienone is 2. The molecule has 0 aromatic heterocycles. The van der Waals surface area contributed by atoms with Crippen LogP contribution in [-0.2, 0) is 0 Å². The van der Waals surface area contributed by atoms with E-state index in [2.05, 4.69) is 0 Å². The van der Waals surface area contributed by atoms with E-state index in [1.54, 1.807) is 18.2 Å². The maximum Gasteiger partial charge on any atom is 0.0974 e. The van der Waals surface area contributed by atoms with Crippen LogP contribution in [0, 0.1) is 0 Å². The van der Waals surface area contributed by atoms with Crippen molar-refractivity contribution in [1.82, 2.24) is 0 Å². The van der Waals surface area contributed by atoms with E-state index in [1.807, 2.05) is 60.7 Å². The average Bonchev–Trinajstić information content (AvgIpc) is 2.45. The zero-order chi connectivity index (χ0) is 13.5. The maximum atomic E-state index is 9.94. The molecule has 0 saturated heterocycles. The highest BCUT2D eigenvalue weighted by Gasteiger charge is 2.01. The molecule has 2 heteroatoms. The van der Waals surface area contributed by atoms with Crippen LogP contribution in [0.2, 0.25) is 5.02 Å². The van der Waals surface area contributed by atoms with Gasteiger partial charge in [0.05, 0.1) is 6.10 Å². The Morgan fingerprint density at radius 2 is 1.58 bits per heavy atom. The lowest BCUT2D eigenvalue weighted by atomic mass is 10.1. The number of rotatable bonds is 4. The Balaban J connectivity index is 1.95. The summed E-state index contributed by atoms with van der Waals surface area (Å²) < 4.78 is 0. The first-order valence-corrected chi connectivity index (χ1v) is 6.47. The molecule has 2 aromatic rings. The quantitative estimate of drug-likeness (QED) is 0.802. The van der Waals surface area contributed by atoms with Crippen LogP contribution in [0.1, 0.15) is 17.2 Å². The van der Waals surface area contributed by atoms with E-state index in [4.69, 9.17) is 11.6 Å². The largest absolute Gasteiger partial charge is 0.384 e. The van der Waals surface area contributed by atoms with Crippen LogP contribution >= 0.6 is 11.6 Å². The molecule has 0 spiro atoms. The normalized spacial score (nSPS) is 13.2. The summed E-state index contributed by atoms with van der Waals surface area (Å²) in [4.78, 5) is 0. The summed E-state index contributed by atoms with van der Waals surface area (Å²) in [7, 11) is 0. The van der Waals surface area contributed by atoms with E-state index in [0.717, 1.165) is 11.1 Å². The molecule has 0 aliphatic rings. The Morgan fingerprint density at radius 1 is 0.895 bits per heavy atom. The van der Waals surface area contributed by atoms with Crippen molar-refractivity contribution in [3.05, 3.63) is 89.0 Å².